The molecule has 0 saturated carbocycles. The number of pyridine rings is 1. The zero-order valence-electron chi connectivity index (χ0n) is 12.2. The number of nitrogens with one attached hydrogen (secondary N) is 1. The van der Waals surface area contributed by atoms with E-state index in [1.54, 1.807) is 0 Å². The van der Waals surface area contributed by atoms with Crippen LogP contribution in [0.15, 0.2) is 48.5 Å². The first-order chi connectivity index (χ1) is 10.4. The second kappa shape index (κ2) is 4.97. The molecule has 1 aliphatic rings. The van der Waals surface area contributed by atoms with Gasteiger partial charge in [0.25, 0.3) is 0 Å². The third-order valence-electron chi connectivity index (χ3n) is 4.32. The maximum Gasteiger partial charge on any atom is 0.0712 e. The Morgan fingerprint density at radius 1 is 1.00 bits per heavy atom. The maximum absolute atomic E-state index is 4.81. The van der Waals surface area contributed by atoms with Gasteiger partial charge in [-0.1, -0.05) is 49.4 Å². The van der Waals surface area contributed by atoms with Crippen LogP contribution in [0.4, 0.5) is 0 Å². The Hall–Kier alpha value is -2.19. The molecule has 2 heterocycles. The van der Waals surface area contributed by atoms with Crippen LogP contribution in [0.2, 0.25) is 0 Å². The Kier molecular flexibility index (Phi) is 2.97. The van der Waals surface area contributed by atoms with E-state index >= 15 is 0 Å². The first-order valence-corrected chi connectivity index (χ1v) is 7.57. The smallest absolute Gasteiger partial charge is 0.0712 e. The predicted molar refractivity (Wildman–Crippen MR) is 87.1 cm³/mol. The number of aromatic nitrogens is 1. The van der Waals surface area contributed by atoms with Crippen LogP contribution in [0.3, 0.4) is 0 Å². The largest absolute Gasteiger partial charge is 0.307 e. The molecule has 0 radical (unpaired) electrons. The second-order valence-electron chi connectivity index (χ2n) is 5.58. The van der Waals surface area contributed by atoms with E-state index in [0.29, 0.717) is 0 Å². The first-order valence-electron chi connectivity index (χ1n) is 7.57. The van der Waals surface area contributed by atoms with Crippen LogP contribution < -0.4 is 5.32 Å². The number of rotatable bonds is 2. The van der Waals surface area contributed by atoms with Crippen molar-refractivity contribution in [3.63, 3.8) is 0 Å². The molecule has 0 spiro atoms. The number of benzene rings is 2. The minimum atomic E-state index is 0.875. The molecule has 4 rings (SSSR count). The van der Waals surface area contributed by atoms with Gasteiger partial charge in [0, 0.05) is 18.5 Å². The lowest BCUT2D eigenvalue weighted by atomic mass is 9.94. The van der Waals surface area contributed by atoms with Crippen molar-refractivity contribution in [2.75, 3.05) is 0 Å². The van der Waals surface area contributed by atoms with Crippen LogP contribution >= 0.6 is 0 Å². The topological polar surface area (TPSA) is 24.9 Å². The molecule has 0 saturated heterocycles. The summed E-state index contributed by atoms with van der Waals surface area (Å²) in [4.78, 5) is 4.81. The fraction of sp³-hybridized carbons (Fsp3) is 0.211. The molecular formula is C19H18N2. The molecule has 3 aromatic rings. The van der Waals surface area contributed by atoms with Crippen molar-refractivity contribution >= 4 is 10.9 Å². The van der Waals surface area contributed by atoms with Crippen molar-refractivity contribution in [2.24, 2.45) is 0 Å². The minimum absolute atomic E-state index is 0.875. The summed E-state index contributed by atoms with van der Waals surface area (Å²) in [5.41, 5.74) is 7.68. The molecule has 1 aromatic heterocycles. The van der Waals surface area contributed by atoms with Crippen LogP contribution in [0.1, 0.15) is 23.7 Å². The average Bonchev–Trinajstić information content (AvgIpc) is 3.00. The molecule has 0 bridgehead atoms. The van der Waals surface area contributed by atoms with E-state index in [0.717, 1.165) is 25.0 Å². The molecule has 0 amide bonds. The van der Waals surface area contributed by atoms with E-state index in [4.69, 9.17) is 4.98 Å². The van der Waals surface area contributed by atoms with E-state index in [1.807, 2.05) is 0 Å². The molecule has 1 N–H and O–H groups in total. The highest BCUT2D eigenvalue weighted by Crippen LogP contribution is 2.35. The van der Waals surface area contributed by atoms with Crippen LogP contribution in [-0.2, 0) is 19.5 Å². The number of nitrogens with zero attached hydrogens (tertiary/aromatic N) is 1. The van der Waals surface area contributed by atoms with Crippen molar-refractivity contribution < 1.29 is 0 Å². The summed E-state index contributed by atoms with van der Waals surface area (Å²) in [5, 5.41) is 4.69. The van der Waals surface area contributed by atoms with Crippen LogP contribution in [0.5, 0.6) is 0 Å². The summed E-state index contributed by atoms with van der Waals surface area (Å²) in [7, 11) is 0. The fourth-order valence-corrected chi connectivity index (χ4v) is 3.18. The van der Waals surface area contributed by atoms with Crippen LogP contribution in [0, 0.1) is 0 Å². The number of hydrogen-bond acceptors (Lipinski definition) is 2. The molecule has 0 aliphatic carbocycles. The molecule has 0 unspecified atom stereocenters. The SMILES string of the molecule is CCc1ccc(-c2c3c(nc4ccccc24)CNC3)cc1. The lowest BCUT2D eigenvalue weighted by Gasteiger charge is -2.12. The highest BCUT2D eigenvalue weighted by Gasteiger charge is 2.19. The Balaban J connectivity index is 2.01. The van der Waals surface area contributed by atoms with Gasteiger partial charge in [0.2, 0.25) is 0 Å². The van der Waals surface area contributed by atoms with E-state index in [-0.39, 0.29) is 0 Å². The molecular weight excluding hydrogens is 256 g/mol. The van der Waals surface area contributed by atoms with Gasteiger partial charge in [-0.05, 0) is 34.7 Å². The van der Waals surface area contributed by atoms with Gasteiger partial charge in [0.15, 0.2) is 0 Å². The van der Waals surface area contributed by atoms with Crippen molar-refractivity contribution in [3.05, 3.63) is 65.4 Å². The van der Waals surface area contributed by atoms with Crippen molar-refractivity contribution in [1.82, 2.24) is 10.3 Å². The zero-order valence-corrected chi connectivity index (χ0v) is 12.2. The average molecular weight is 274 g/mol. The molecule has 0 fully saturated rings. The van der Waals surface area contributed by atoms with Crippen molar-refractivity contribution in [2.45, 2.75) is 26.4 Å². The first kappa shape index (κ1) is 12.5. The number of para-hydroxylation sites is 1. The molecule has 2 heteroatoms. The molecule has 1 aliphatic heterocycles. The Labute approximate surface area is 124 Å². The number of aryl methyl sites for hydroxylation is 1. The minimum Gasteiger partial charge on any atom is -0.307 e. The third kappa shape index (κ3) is 2.03. The Morgan fingerprint density at radius 2 is 1.81 bits per heavy atom. The predicted octanol–water partition coefficient (Wildman–Crippen LogP) is 4.07. The monoisotopic (exact) mass is 274 g/mol. The van der Waals surface area contributed by atoms with Crippen molar-refractivity contribution in [1.29, 1.82) is 0 Å². The Bertz CT molecular complexity index is 804. The van der Waals surface area contributed by atoms with Crippen LogP contribution in [0.25, 0.3) is 22.0 Å². The summed E-state index contributed by atoms with van der Waals surface area (Å²) in [6.07, 6.45) is 1.08. The normalized spacial score (nSPS) is 13.6. The molecule has 104 valence electrons. The van der Waals surface area contributed by atoms with Gasteiger partial charge in [0.1, 0.15) is 0 Å². The van der Waals surface area contributed by atoms with Crippen molar-refractivity contribution in [3.8, 4) is 11.1 Å². The van der Waals surface area contributed by atoms with Gasteiger partial charge in [-0.15, -0.1) is 0 Å². The zero-order chi connectivity index (χ0) is 14.2. The highest BCUT2D eigenvalue weighted by molar-refractivity contribution is 5.96. The van der Waals surface area contributed by atoms with E-state index in [9.17, 15) is 0 Å². The summed E-state index contributed by atoms with van der Waals surface area (Å²) < 4.78 is 0. The third-order valence-corrected chi connectivity index (χ3v) is 4.32. The quantitative estimate of drug-likeness (QED) is 0.762. The van der Waals surface area contributed by atoms with E-state index < -0.39 is 0 Å². The summed E-state index contributed by atoms with van der Waals surface area (Å²) in [5.74, 6) is 0. The van der Waals surface area contributed by atoms with Gasteiger partial charge in [0.05, 0.1) is 11.2 Å². The number of fused-ring (bicyclic) bond motifs is 2. The summed E-state index contributed by atoms with van der Waals surface area (Å²) in [6, 6.07) is 17.4. The lowest BCUT2D eigenvalue weighted by molar-refractivity contribution is 0.758. The molecule has 2 nitrogen and oxygen atoms in total. The maximum atomic E-state index is 4.81. The van der Waals surface area contributed by atoms with E-state index in [1.165, 1.54) is 33.3 Å². The highest BCUT2D eigenvalue weighted by atomic mass is 14.9. The van der Waals surface area contributed by atoms with E-state index in [2.05, 4.69) is 60.8 Å². The lowest BCUT2D eigenvalue weighted by Crippen LogP contribution is -2.00. The van der Waals surface area contributed by atoms with Gasteiger partial charge in [-0.3, -0.25) is 4.98 Å². The Morgan fingerprint density at radius 3 is 2.62 bits per heavy atom. The summed E-state index contributed by atoms with van der Waals surface area (Å²) >= 11 is 0. The standard InChI is InChI=1S/C19H18N2/c1-2-13-7-9-14(10-8-13)19-15-5-3-4-6-17(15)21-18-12-20-11-16(18)19/h3-10,20H,2,11-12H2,1H3. The van der Waals surface area contributed by atoms with Gasteiger partial charge in [-0.25, -0.2) is 0 Å². The summed E-state index contributed by atoms with van der Waals surface area (Å²) in [6.45, 7) is 3.98. The fourth-order valence-electron chi connectivity index (χ4n) is 3.18. The van der Waals surface area contributed by atoms with Gasteiger partial charge in [-0.2, -0.15) is 0 Å². The molecule has 21 heavy (non-hydrogen) atoms. The molecule has 0 atom stereocenters. The van der Waals surface area contributed by atoms with Crippen LogP contribution in [-0.4, -0.2) is 4.98 Å². The van der Waals surface area contributed by atoms with Gasteiger partial charge >= 0.3 is 0 Å². The second-order valence-corrected chi connectivity index (χ2v) is 5.58. The number of hydrogen-bond donors (Lipinski definition) is 1. The molecule has 2 aromatic carbocycles. The van der Waals surface area contributed by atoms with Gasteiger partial charge < -0.3 is 5.32 Å².